The number of piperazine rings is 1. The van der Waals surface area contributed by atoms with Gasteiger partial charge in [0.2, 0.25) is 10.0 Å². The summed E-state index contributed by atoms with van der Waals surface area (Å²) in [6.45, 7) is 1.34. The molecule has 1 aromatic carbocycles. The molecule has 7 heteroatoms. The van der Waals surface area contributed by atoms with E-state index in [0.717, 1.165) is 0 Å². The fraction of sp³-hybridized carbons (Fsp3) is 0.385. The SMILES string of the molecule is CS(=O)(=O)N1CCN(C(=O)c2cccc(C#N)c2)CC1. The van der Waals surface area contributed by atoms with Crippen molar-refractivity contribution < 1.29 is 13.2 Å². The highest BCUT2D eigenvalue weighted by atomic mass is 32.2. The van der Waals surface area contributed by atoms with Gasteiger partial charge in [0.1, 0.15) is 0 Å². The van der Waals surface area contributed by atoms with E-state index in [0.29, 0.717) is 37.3 Å². The summed E-state index contributed by atoms with van der Waals surface area (Å²) in [5.41, 5.74) is 0.891. The standard InChI is InChI=1S/C13H15N3O3S/c1-20(18,19)16-7-5-15(6-8-16)13(17)12-4-2-3-11(9-12)10-14/h2-4,9H,5-8H2,1H3. The Morgan fingerprint density at radius 2 is 1.90 bits per heavy atom. The number of sulfonamides is 1. The maximum atomic E-state index is 12.3. The van der Waals surface area contributed by atoms with Crippen LogP contribution in [0.25, 0.3) is 0 Å². The first kappa shape index (κ1) is 14.5. The topological polar surface area (TPSA) is 81.5 Å². The second-order valence-electron chi connectivity index (χ2n) is 4.65. The number of nitrogens with zero attached hydrogens (tertiary/aromatic N) is 3. The van der Waals surface area contributed by atoms with Gasteiger partial charge in [0, 0.05) is 31.7 Å². The Kier molecular flexibility index (Phi) is 4.06. The van der Waals surface area contributed by atoms with E-state index in [1.165, 1.54) is 10.6 Å². The van der Waals surface area contributed by atoms with Crippen molar-refractivity contribution >= 4 is 15.9 Å². The van der Waals surface area contributed by atoms with Crippen LogP contribution >= 0.6 is 0 Å². The molecule has 0 spiro atoms. The molecule has 0 aromatic heterocycles. The molecule has 0 unspecified atom stereocenters. The minimum atomic E-state index is -3.20. The van der Waals surface area contributed by atoms with Crippen LogP contribution in [0.2, 0.25) is 0 Å². The molecular formula is C13H15N3O3S. The van der Waals surface area contributed by atoms with E-state index in [1.807, 2.05) is 6.07 Å². The fourth-order valence-corrected chi connectivity index (χ4v) is 2.95. The predicted octanol–water partition coefficient (Wildman–Crippen LogP) is 0.276. The van der Waals surface area contributed by atoms with Gasteiger partial charge in [-0.05, 0) is 18.2 Å². The average molecular weight is 293 g/mol. The number of rotatable bonds is 2. The summed E-state index contributed by atoms with van der Waals surface area (Å²) < 4.78 is 24.2. The van der Waals surface area contributed by atoms with Crippen molar-refractivity contribution in [2.75, 3.05) is 32.4 Å². The highest BCUT2D eigenvalue weighted by molar-refractivity contribution is 7.88. The first-order chi connectivity index (χ1) is 9.41. The summed E-state index contributed by atoms with van der Waals surface area (Å²) in [5.74, 6) is -0.171. The normalized spacial score (nSPS) is 16.7. The van der Waals surface area contributed by atoms with Gasteiger partial charge in [0.15, 0.2) is 0 Å². The molecule has 1 aliphatic rings. The smallest absolute Gasteiger partial charge is 0.253 e. The lowest BCUT2D eigenvalue weighted by atomic mass is 10.1. The van der Waals surface area contributed by atoms with E-state index >= 15 is 0 Å². The lowest BCUT2D eigenvalue weighted by molar-refractivity contribution is 0.0698. The van der Waals surface area contributed by atoms with Gasteiger partial charge in [-0.3, -0.25) is 4.79 Å². The lowest BCUT2D eigenvalue weighted by Crippen LogP contribution is -2.50. The Bertz CT molecular complexity index is 656. The van der Waals surface area contributed by atoms with Gasteiger partial charge < -0.3 is 4.90 Å². The molecule has 0 N–H and O–H groups in total. The number of benzene rings is 1. The van der Waals surface area contributed by atoms with E-state index < -0.39 is 10.0 Å². The van der Waals surface area contributed by atoms with E-state index in [4.69, 9.17) is 5.26 Å². The molecule has 1 amide bonds. The summed E-state index contributed by atoms with van der Waals surface area (Å²) >= 11 is 0. The molecule has 0 aliphatic carbocycles. The molecule has 106 valence electrons. The number of carbonyl (C=O) groups excluding carboxylic acids is 1. The molecule has 1 fully saturated rings. The highest BCUT2D eigenvalue weighted by Gasteiger charge is 2.26. The molecule has 6 nitrogen and oxygen atoms in total. The molecule has 1 saturated heterocycles. The molecule has 1 heterocycles. The Morgan fingerprint density at radius 3 is 2.45 bits per heavy atom. The number of nitriles is 1. The van der Waals surface area contributed by atoms with Crippen molar-refractivity contribution in [3.8, 4) is 6.07 Å². The Hall–Kier alpha value is -1.91. The van der Waals surface area contributed by atoms with Gasteiger partial charge in [-0.25, -0.2) is 8.42 Å². The second kappa shape index (κ2) is 5.61. The summed E-state index contributed by atoms with van der Waals surface area (Å²) in [5, 5.41) is 8.83. The Morgan fingerprint density at radius 1 is 1.25 bits per heavy atom. The first-order valence-electron chi connectivity index (χ1n) is 6.16. The lowest BCUT2D eigenvalue weighted by Gasteiger charge is -2.33. The maximum absolute atomic E-state index is 12.3. The van der Waals surface area contributed by atoms with Crippen molar-refractivity contribution in [3.05, 3.63) is 35.4 Å². The van der Waals surface area contributed by atoms with Crippen molar-refractivity contribution in [2.24, 2.45) is 0 Å². The van der Waals surface area contributed by atoms with E-state index in [1.54, 1.807) is 29.2 Å². The zero-order valence-electron chi connectivity index (χ0n) is 11.1. The Labute approximate surface area is 118 Å². The third kappa shape index (κ3) is 3.15. The second-order valence-corrected chi connectivity index (χ2v) is 6.63. The van der Waals surface area contributed by atoms with Gasteiger partial charge in [0.05, 0.1) is 17.9 Å². The summed E-state index contributed by atoms with van der Waals surface area (Å²) in [6.07, 6.45) is 1.17. The monoisotopic (exact) mass is 293 g/mol. The van der Waals surface area contributed by atoms with Crippen LogP contribution in [-0.4, -0.2) is 56.0 Å². The minimum Gasteiger partial charge on any atom is -0.336 e. The molecule has 0 atom stereocenters. The van der Waals surface area contributed by atoms with Crippen LogP contribution in [0.4, 0.5) is 0 Å². The molecule has 20 heavy (non-hydrogen) atoms. The van der Waals surface area contributed by atoms with Crippen molar-refractivity contribution in [1.29, 1.82) is 5.26 Å². The van der Waals surface area contributed by atoms with E-state index in [9.17, 15) is 13.2 Å². The number of hydrogen-bond acceptors (Lipinski definition) is 4. The summed E-state index contributed by atoms with van der Waals surface area (Å²) in [6, 6.07) is 8.50. The molecule has 1 aliphatic heterocycles. The maximum Gasteiger partial charge on any atom is 0.253 e. The molecule has 0 bridgehead atoms. The zero-order chi connectivity index (χ0) is 14.8. The molecule has 0 saturated carbocycles. The van der Waals surface area contributed by atoms with Crippen LogP contribution in [0.1, 0.15) is 15.9 Å². The first-order valence-corrected chi connectivity index (χ1v) is 8.01. The van der Waals surface area contributed by atoms with E-state index in [-0.39, 0.29) is 5.91 Å². The van der Waals surface area contributed by atoms with Gasteiger partial charge in [-0.1, -0.05) is 6.07 Å². The Balaban J connectivity index is 2.07. The summed E-state index contributed by atoms with van der Waals surface area (Å²) in [4.78, 5) is 13.9. The fourth-order valence-electron chi connectivity index (χ4n) is 2.13. The van der Waals surface area contributed by atoms with Crippen molar-refractivity contribution in [2.45, 2.75) is 0 Å². The van der Waals surface area contributed by atoms with Gasteiger partial charge in [0.25, 0.3) is 5.91 Å². The zero-order valence-corrected chi connectivity index (χ0v) is 11.9. The average Bonchev–Trinajstić information content (AvgIpc) is 2.46. The van der Waals surface area contributed by atoms with Crippen LogP contribution in [0, 0.1) is 11.3 Å². The van der Waals surface area contributed by atoms with Crippen molar-refractivity contribution in [3.63, 3.8) is 0 Å². The number of amides is 1. The van der Waals surface area contributed by atoms with Crippen LogP contribution in [-0.2, 0) is 10.0 Å². The minimum absolute atomic E-state index is 0.171. The number of carbonyl (C=O) groups is 1. The molecule has 0 radical (unpaired) electrons. The third-order valence-electron chi connectivity index (χ3n) is 3.23. The molecular weight excluding hydrogens is 278 g/mol. The van der Waals surface area contributed by atoms with Crippen LogP contribution in [0.5, 0.6) is 0 Å². The van der Waals surface area contributed by atoms with Gasteiger partial charge in [-0.15, -0.1) is 0 Å². The summed E-state index contributed by atoms with van der Waals surface area (Å²) in [7, 11) is -3.20. The number of hydrogen-bond donors (Lipinski definition) is 0. The highest BCUT2D eigenvalue weighted by Crippen LogP contribution is 2.12. The van der Waals surface area contributed by atoms with Crippen molar-refractivity contribution in [1.82, 2.24) is 9.21 Å². The predicted molar refractivity (Wildman–Crippen MR) is 73.5 cm³/mol. The van der Waals surface area contributed by atoms with Crippen LogP contribution < -0.4 is 0 Å². The van der Waals surface area contributed by atoms with Crippen LogP contribution in [0.15, 0.2) is 24.3 Å². The van der Waals surface area contributed by atoms with E-state index in [2.05, 4.69) is 0 Å². The molecule has 1 aromatic rings. The molecule has 2 rings (SSSR count). The largest absolute Gasteiger partial charge is 0.336 e. The van der Waals surface area contributed by atoms with Gasteiger partial charge in [-0.2, -0.15) is 9.57 Å². The quantitative estimate of drug-likeness (QED) is 0.784. The van der Waals surface area contributed by atoms with Gasteiger partial charge >= 0.3 is 0 Å². The van der Waals surface area contributed by atoms with Crippen LogP contribution in [0.3, 0.4) is 0 Å². The third-order valence-corrected chi connectivity index (χ3v) is 4.54.